The van der Waals surface area contributed by atoms with Crippen LogP contribution in [0.3, 0.4) is 0 Å². The molecule has 1 saturated carbocycles. The zero-order chi connectivity index (χ0) is 18.2. The number of hydrogen-bond donors (Lipinski definition) is 1. The Kier molecular flexibility index (Phi) is 6.50. The van der Waals surface area contributed by atoms with Gasteiger partial charge in [-0.1, -0.05) is 49.6 Å². The lowest BCUT2D eigenvalue weighted by Crippen LogP contribution is -2.56. The summed E-state index contributed by atoms with van der Waals surface area (Å²) >= 11 is 0. The number of nitrogens with one attached hydrogen (secondary N) is 1. The number of carbonyl (C=O) groups is 2. The highest BCUT2D eigenvalue weighted by Gasteiger charge is 2.43. The normalized spacial score (nSPS) is 20.2. The van der Waals surface area contributed by atoms with Gasteiger partial charge in [0.1, 0.15) is 18.2 Å². The predicted molar refractivity (Wildman–Crippen MR) is 95.5 cm³/mol. The minimum Gasteiger partial charge on any atom is -0.459 e. The standard InChI is InChI=1S/C20H27NO5/c22-18(25-15-16-7-3-1-4-8-16)20(11-5-2-6-12-20)21-19(23)26-17-9-13-24-14-10-17/h1,3-4,7-8,17H,2,5-6,9-15H2,(H,21,23). The molecular weight excluding hydrogens is 334 g/mol. The molecule has 3 rings (SSSR count). The first-order valence-electron chi connectivity index (χ1n) is 9.46. The summed E-state index contributed by atoms with van der Waals surface area (Å²) in [6.45, 7) is 1.41. The lowest BCUT2D eigenvalue weighted by molar-refractivity contribution is -0.154. The van der Waals surface area contributed by atoms with Crippen molar-refractivity contribution < 1.29 is 23.8 Å². The Morgan fingerprint density at radius 1 is 1.08 bits per heavy atom. The molecule has 0 radical (unpaired) electrons. The third-order valence-electron chi connectivity index (χ3n) is 5.09. The van der Waals surface area contributed by atoms with Crippen molar-refractivity contribution in [3.63, 3.8) is 0 Å². The summed E-state index contributed by atoms with van der Waals surface area (Å²) < 4.78 is 16.3. The van der Waals surface area contributed by atoms with Crippen LogP contribution in [-0.4, -0.2) is 36.9 Å². The Morgan fingerprint density at radius 2 is 1.77 bits per heavy atom. The molecule has 1 aliphatic carbocycles. The molecule has 142 valence electrons. The lowest BCUT2D eigenvalue weighted by Gasteiger charge is -2.35. The molecule has 1 heterocycles. The summed E-state index contributed by atoms with van der Waals surface area (Å²) in [5, 5.41) is 2.84. The minimum atomic E-state index is -0.977. The van der Waals surface area contributed by atoms with Crippen LogP contribution < -0.4 is 5.32 Å². The number of amides is 1. The molecule has 2 fully saturated rings. The van der Waals surface area contributed by atoms with E-state index in [1.165, 1.54) is 0 Å². The number of alkyl carbamates (subject to hydrolysis) is 1. The second-order valence-electron chi connectivity index (χ2n) is 7.05. The van der Waals surface area contributed by atoms with Gasteiger partial charge in [0.2, 0.25) is 0 Å². The second-order valence-corrected chi connectivity index (χ2v) is 7.05. The fraction of sp³-hybridized carbons (Fsp3) is 0.600. The zero-order valence-electron chi connectivity index (χ0n) is 15.1. The van der Waals surface area contributed by atoms with Crippen LogP contribution >= 0.6 is 0 Å². The quantitative estimate of drug-likeness (QED) is 0.814. The number of esters is 1. The van der Waals surface area contributed by atoms with E-state index >= 15 is 0 Å². The molecule has 2 aliphatic rings. The predicted octanol–water partition coefficient (Wildman–Crippen LogP) is 3.34. The van der Waals surface area contributed by atoms with E-state index in [1.807, 2.05) is 30.3 Å². The van der Waals surface area contributed by atoms with E-state index in [2.05, 4.69) is 5.32 Å². The molecular formula is C20H27NO5. The average molecular weight is 361 g/mol. The number of rotatable bonds is 5. The molecule has 1 aromatic carbocycles. The Bertz CT molecular complexity index is 591. The maximum Gasteiger partial charge on any atom is 0.408 e. The Morgan fingerprint density at radius 3 is 2.46 bits per heavy atom. The molecule has 0 atom stereocenters. The van der Waals surface area contributed by atoms with E-state index in [4.69, 9.17) is 14.2 Å². The summed E-state index contributed by atoms with van der Waals surface area (Å²) in [5.74, 6) is -0.370. The van der Waals surface area contributed by atoms with Crippen molar-refractivity contribution in [3.8, 4) is 0 Å². The van der Waals surface area contributed by atoms with E-state index in [9.17, 15) is 9.59 Å². The number of ether oxygens (including phenoxy) is 3. The first-order chi connectivity index (χ1) is 12.7. The van der Waals surface area contributed by atoms with Gasteiger partial charge in [-0.05, 0) is 18.4 Å². The van der Waals surface area contributed by atoms with Crippen LogP contribution in [0.25, 0.3) is 0 Å². The molecule has 1 amide bonds. The number of carbonyl (C=O) groups excluding carboxylic acids is 2. The van der Waals surface area contributed by atoms with Crippen LogP contribution in [0.2, 0.25) is 0 Å². The van der Waals surface area contributed by atoms with E-state index in [0.29, 0.717) is 38.9 Å². The summed E-state index contributed by atoms with van der Waals surface area (Å²) in [5.41, 5.74) is -0.0495. The monoisotopic (exact) mass is 361 g/mol. The molecule has 0 aromatic heterocycles. The molecule has 6 nitrogen and oxygen atoms in total. The maximum atomic E-state index is 12.8. The van der Waals surface area contributed by atoms with Gasteiger partial charge in [0.25, 0.3) is 0 Å². The zero-order valence-corrected chi connectivity index (χ0v) is 15.1. The molecule has 1 aliphatic heterocycles. The van der Waals surface area contributed by atoms with Crippen molar-refractivity contribution in [2.75, 3.05) is 13.2 Å². The molecule has 26 heavy (non-hydrogen) atoms. The Balaban J connectivity index is 1.59. The highest BCUT2D eigenvalue weighted by atomic mass is 16.6. The van der Waals surface area contributed by atoms with Crippen LogP contribution in [0, 0.1) is 0 Å². The Labute approximate surface area is 154 Å². The van der Waals surface area contributed by atoms with Crippen LogP contribution in [0.1, 0.15) is 50.5 Å². The fourth-order valence-electron chi connectivity index (χ4n) is 3.57. The third-order valence-corrected chi connectivity index (χ3v) is 5.09. The van der Waals surface area contributed by atoms with Gasteiger partial charge >= 0.3 is 12.1 Å². The summed E-state index contributed by atoms with van der Waals surface area (Å²) in [6.07, 6.45) is 4.71. The second kappa shape index (κ2) is 9.03. The van der Waals surface area contributed by atoms with Crippen LogP contribution in [0.4, 0.5) is 4.79 Å². The summed E-state index contributed by atoms with van der Waals surface area (Å²) in [6, 6.07) is 9.55. The maximum absolute atomic E-state index is 12.8. The van der Waals surface area contributed by atoms with Gasteiger partial charge in [-0.2, -0.15) is 0 Å². The topological polar surface area (TPSA) is 73.9 Å². The van der Waals surface area contributed by atoms with E-state index in [0.717, 1.165) is 24.8 Å². The van der Waals surface area contributed by atoms with Crippen LogP contribution in [-0.2, 0) is 25.6 Å². The third kappa shape index (κ3) is 4.97. The molecule has 0 bridgehead atoms. The lowest BCUT2D eigenvalue weighted by atomic mass is 9.82. The van der Waals surface area contributed by atoms with E-state index < -0.39 is 11.6 Å². The minimum absolute atomic E-state index is 0.148. The van der Waals surface area contributed by atoms with Gasteiger partial charge in [-0.25, -0.2) is 9.59 Å². The van der Waals surface area contributed by atoms with Crippen LogP contribution in [0.5, 0.6) is 0 Å². The highest BCUT2D eigenvalue weighted by Crippen LogP contribution is 2.30. The van der Waals surface area contributed by atoms with E-state index in [-0.39, 0.29) is 18.7 Å². The number of hydrogen-bond acceptors (Lipinski definition) is 5. The van der Waals surface area contributed by atoms with Crippen molar-refractivity contribution in [3.05, 3.63) is 35.9 Å². The van der Waals surface area contributed by atoms with Crippen molar-refractivity contribution in [2.24, 2.45) is 0 Å². The fourth-order valence-corrected chi connectivity index (χ4v) is 3.57. The molecule has 6 heteroatoms. The van der Waals surface area contributed by atoms with Crippen molar-refractivity contribution in [2.45, 2.75) is 63.2 Å². The van der Waals surface area contributed by atoms with Gasteiger partial charge in [0, 0.05) is 12.8 Å². The smallest absolute Gasteiger partial charge is 0.408 e. The van der Waals surface area contributed by atoms with Gasteiger partial charge in [0.05, 0.1) is 13.2 Å². The van der Waals surface area contributed by atoms with E-state index in [1.54, 1.807) is 0 Å². The van der Waals surface area contributed by atoms with Gasteiger partial charge in [0.15, 0.2) is 0 Å². The summed E-state index contributed by atoms with van der Waals surface area (Å²) in [4.78, 5) is 25.2. The largest absolute Gasteiger partial charge is 0.459 e. The van der Waals surface area contributed by atoms with Crippen molar-refractivity contribution in [1.82, 2.24) is 5.32 Å². The van der Waals surface area contributed by atoms with Crippen molar-refractivity contribution >= 4 is 12.1 Å². The van der Waals surface area contributed by atoms with Gasteiger partial charge in [-0.15, -0.1) is 0 Å². The summed E-state index contributed by atoms with van der Waals surface area (Å²) in [7, 11) is 0. The molecule has 0 unspecified atom stereocenters. The molecule has 1 aromatic rings. The van der Waals surface area contributed by atoms with Gasteiger partial charge in [-0.3, -0.25) is 0 Å². The molecule has 1 N–H and O–H groups in total. The molecule has 0 spiro atoms. The molecule has 1 saturated heterocycles. The SMILES string of the molecule is O=C(NC1(C(=O)OCc2ccccc2)CCCCC1)OC1CCOCC1. The number of benzene rings is 1. The first-order valence-corrected chi connectivity index (χ1v) is 9.46. The van der Waals surface area contributed by atoms with Crippen LogP contribution in [0.15, 0.2) is 30.3 Å². The Hall–Kier alpha value is -2.08. The average Bonchev–Trinajstić information content (AvgIpc) is 2.68. The highest BCUT2D eigenvalue weighted by molar-refractivity contribution is 5.86. The first kappa shape index (κ1) is 18.7. The van der Waals surface area contributed by atoms with Crippen molar-refractivity contribution in [1.29, 1.82) is 0 Å². The van der Waals surface area contributed by atoms with Gasteiger partial charge < -0.3 is 19.5 Å².